The van der Waals surface area contributed by atoms with Crippen molar-refractivity contribution in [3.63, 3.8) is 0 Å². The molecule has 1 unspecified atom stereocenters. The average molecular weight is 761 g/mol. The van der Waals surface area contributed by atoms with Crippen LogP contribution in [0, 0.1) is 0 Å². The Bertz CT molecular complexity index is 3290. The fourth-order valence-corrected chi connectivity index (χ4v) is 11.2. The lowest BCUT2D eigenvalue weighted by Gasteiger charge is -2.28. The van der Waals surface area contributed by atoms with Crippen LogP contribution in [0.3, 0.4) is 0 Å². The van der Waals surface area contributed by atoms with E-state index in [0.29, 0.717) is 0 Å². The minimum atomic E-state index is -0.0773. The van der Waals surface area contributed by atoms with Crippen LogP contribution in [0.2, 0.25) is 0 Å². The predicted octanol–water partition coefficient (Wildman–Crippen LogP) is 15.3. The second kappa shape index (κ2) is 12.7. The zero-order valence-electron chi connectivity index (χ0n) is 32.5. The molecule has 58 heavy (non-hydrogen) atoms. The number of anilines is 3. The molecular weight excluding hydrogens is 721 g/mol. The first-order valence-corrected chi connectivity index (χ1v) is 21.2. The summed E-state index contributed by atoms with van der Waals surface area (Å²) < 4.78 is 5.10. The summed E-state index contributed by atoms with van der Waals surface area (Å²) in [6.45, 7) is 4.72. The number of allylic oxidation sites excluding steroid dienone is 1. The molecule has 276 valence electrons. The highest BCUT2D eigenvalue weighted by molar-refractivity contribution is 7.25. The van der Waals surface area contributed by atoms with E-state index in [0.717, 1.165) is 12.1 Å². The van der Waals surface area contributed by atoms with Crippen LogP contribution >= 0.6 is 11.3 Å². The quantitative estimate of drug-likeness (QED) is 0.170. The number of hydrogen-bond acceptors (Lipinski definition) is 2. The second-order valence-electron chi connectivity index (χ2n) is 16.5. The molecule has 2 aliphatic carbocycles. The van der Waals surface area contributed by atoms with Gasteiger partial charge in [0.05, 0.1) is 5.52 Å². The van der Waals surface area contributed by atoms with Gasteiger partial charge in [-0.2, -0.15) is 0 Å². The van der Waals surface area contributed by atoms with E-state index >= 15 is 0 Å². The van der Waals surface area contributed by atoms with Gasteiger partial charge in [0.1, 0.15) is 0 Å². The van der Waals surface area contributed by atoms with Crippen LogP contribution in [0.15, 0.2) is 182 Å². The van der Waals surface area contributed by atoms with Crippen molar-refractivity contribution < 1.29 is 0 Å². The standard InChI is InChI=1S/C55H40N2S/c1-55(2)48-20-12-11-19-43(48)44-26-24-41(34-49(44)55)56(38-14-5-3-6-15-38)40-25-30-53-46(33-40)45-31-37(23-29-52(45)58-53)36-22-27-50-47(32-36)54-42-18-10-9-13-35(42)21-28-51(54)57(50)39-16-7-4-8-17-39/h3-31,33-34,36H,32H2,1-2H3. The Morgan fingerprint density at radius 2 is 1.26 bits per heavy atom. The molecule has 8 aromatic carbocycles. The lowest BCUT2D eigenvalue weighted by molar-refractivity contribution is 0.660. The molecule has 2 aliphatic rings. The number of hydrogen-bond donors (Lipinski definition) is 0. The Kier molecular flexibility index (Phi) is 7.30. The first-order chi connectivity index (χ1) is 28.5. The number of nitrogens with zero attached hydrogens (tertiary/aromatic N) is 2. The molecule has 2 aromatic heterocycles. The summed E-state index contributed by atoms with van der Waals surface area (Å²) in [4.78, 5) is 2.43. The lowest BCUT2D eigenvalue weighted by Crippen LogP contribution is -2.16. The molecule has 0 N–H and O–H groups in total. The number of aromatic nitrogens is 1. The molecular formula is C55H40N2S. The third-order valence-electron chi connectivity index (χ3n) is 12.9. The molecule has 0 fully saturated rings. The monoisotopic (exact) mass is 760 g/mol. The Balaban J connectivity index is 0.974. The first-order valence-electron chi connectivity index (χ1n) is 20.4. The number of thiophene rings is 1. The van der Waals surface area contributed by atoms with Gasteiger partial charge >= 0.3 is 0 Å². The predicted molar refractivity (Wildman–Crippen MR) is 248 cm³/mol. The highest BCUT2D eigenvalue weighted by Gasteiger charge is 2.36. The van der Waals surface area contributed by atoms with E-state index in [-0.39, 0.29) is 11.3 Å². The molecule has 10 aromatic rings. The van der Waals surface area contributed by atoms with E-state index in [1.165, 1.54) is 98.0 Å². The van der Waals surface area contributed by atoms with Crippen LogP contribution in [0.5, 0.6) is 0 Å². The van der Waals surface area contributed by atoms with Crippen molar-refractivity contribution in [3.05, 3.63) is 210 Å². The van der Waals surface area contributed by atoms with Crippen LogP contribution in [-0.2, 0) is 11.8 Å². The van der Waals surface area contributed by atoms with Gasteiger partial charge in [0.2, 0.25) is 0 Å². The summed E-state index contributed by atoms with van der Waals surface area (Å²) in [6, 6.07) is 65.3. The summed E-state index contributed by atoms with van der Waals surface area (Å²) in [5, 5.41) is 6.62. The summed E-state index contributed by atoms with van der Waals surface area (Å²) in [5.74, 6) is 0.267. The molecule has 0 aliphatic heterocycles. The number of para-hydroxylation sites is 2. The van der Waals surface area contributed by atoms with Crippen molar-refractivity contribution >= 4 is 76.3 Å². The molecule has 0 saturated carbocycles. The highest BCUT2D eigenvalue weighted by atomic mass is 32.1. The van der Waals surface area contributed by atoms with Gasteiger partial charge in [-0.05, 0) is 129 Å². The molecule has 3 heteroatoms. The molecule has 2 heterocycles. The Labute approximate surface area is 342 Å². The fourth-order valence-electron chi connectivity index (χ4n) is 10.1. The van der Waals surface area contributed by atoms with E-state index < -0.39 is 0 Å². The molecule has 2 nitrogen and oxygen atoms in total. The van der Waals surface area contributed by atoms with Crippen molar-refractivity contribution in [2.24, 2.45) is 0 Å². The van der Waals surface area contributed by atoms with Gasteiger partial charge in [-0.15, -0.1) is 11.3 Å². The number of rotatable bonds is 5. The van der Waals surface area contributed by atoms with Crippen molar-refractivity contribution in [1.29, 1.82) is 0 Å². The Morgan fingerprint density at radius 3 is 2.12 bits per heavy atom. The Hall–Kier alpha value is -6.68. The number of fused-ring (bicyclic) bond motifs is 11. The summed E-state index contributed by atoms with van der Waals surface area (Å²) in [5.41, 5.74) is 15.4. The maximum Gasteiger partial charge on any atom is 0.0544 e. The van der Waals surface area contributed by atoms with Crippen LogP contribution < -0.4 is 4.90 Å². The SMILES string of the molecule is CC1(C)c2ccccc2-c2ccc(N(c3ccccc3)c3ccc4sc5ccc(C6C=Cc7c(c8c9ccccc9ccc8n7-c7ccccc7)C6)cc5c4c3)cc21. The molecule has 0 saturated heterocycles. The van der Waals surface area contributed by atoms with E-state index in [1.54, 1.807) is 0 Å². The third kappa shape index (κ3) is 4.96. The minimum Gasteiger partial charge on any atom is -0.310 e. The molecule has 0 bridgehead atoms. The second-order valence-corrected chi connectivity index (χ2v) is 17.6. The molecule has 12 rings (SSSR count). The zero-order valence-corrected chi connectivity index (χ0v) is 33.3. The largest absolute Gasteiger partial charge is 0.310 e. The average Bonchev–Trinajstić information content (AvgIpc) is 3.89. The molecule has 0 amide bonds. The minimum absolute atomic E-state index is 0.0773. The highest BCUT2D eigenvalue weighted by Crippen LogP contribution is 2.51. The van der Waals surface area contributed by atoms with Crippen LogP contribution in [0.1, 0.15) is 47.7 Å². The summed E-state index contributed by atoms with van der Waals surface area (Å²) >= 11 is 1.89. The van der Waals surface area contributed by atoms with Crippen LogP contribution in [0.4, 0.5) is 17.1 Å². The van der Waals surface area contributed by atoms with Gasteiger partial charge in [0.15, 0.2) is 0 Å². The van der Waals surface area contributed by atoms with Gasteiger partial charge in [-0.1, -0.05) is 123 Å². The molecule has 0 spiro atoms. The lowest BCUT2D eigenvalue weighted by atomic mass is 9.82. The normalized spacial score (nSPS) is 15.2. The summed E-state index contributed by atoms with van der Waals surface area (Å²) in [7, 11) is 0. The van der Waals surface area contributed by atoms with Crippen molar-refractivity contribution in [2.45, 2.75) is 31.6 Å². The van der Waals surface area contributed by atoms with Crippen LogP contribution in [0.25, 0.3) is 64.7 Å². The summed E-state index contributed by atoms with van der Waals surface area (Å²) in [6.07, 6.45) is 5.78. The van der Waals surface area contributed by atoms with E-state index in [1.807, 2.05) is 11.3 Å². The van der Waals surface area contributed by atoms with E-state index in [9.17, 15) is 0 Å². The van der Waals surface area contributed by atoms with E-state index in [2.05, 4.69) is 211 Å². The van der Waals surface area contributed by atoms with Crippen molar-refractivity contribution in [3.8, 4) is 16.8 Å². The molecule has 1 atom stereocenters. The van der Waals surface area contributed by atoms with Gasteiger partial charge in [0, 0.05) is 65.3 Å². The van der Waals surface area contributed by atoms with Gasteiger partial charge in [-0.3, -0.25) is 0 Å². The number of benzene rings is 8. The van der Waals surface area contributed by atoms with Gasteiger partial charge in [0.25, 0.3) is 0 Å². The molecule has 0 radical (unpaired) electrons. The topological polar surface area (TPSA) is 8.17 Å². The van der Waals surface area contributed by atoms with Crippen molar-refractivity contribution in [1.82, 2.24) is 4.57 Å². The fraction of sp³-hybridized carbons (Fsp3) is 0.0909. The van der Waals surface area contributed by atoms with Crippen molar-refractivity contribution in [2.75, 3.05) is 4.90 Å². The maximum atomic E-state index is 2.48. The Morgan fingerprint density at radius 1 is 0.569 bits per heavy atom. The zero-order chi connectivity index (χ0) is 38.5. The smallest absolute Gasteiger partial charge is 0.0544 e. The maximum absolute atomic E-state index is 2.48. The van der Waals surface area contributed by atoms with Crippen LogP contribution in [-0.4, -0.2) is 4.57 Å². The third-order valence-corrected chi connectivity index (χ3v) is 14.1. The van der Waals surface area contributed by atoms with Gasteiger partial charge in [-0.25, -0.2) is 0 Å². The van der Waals surface area contributed by atoms with Gasteiger partial charge < -0.3 is 9.47 Å². The van der Waals surface area contributed by atoms with E-state index in [4.69, 9.17) is 0 Å². The first kappa shape index (κ1) is 33.5.